The maximum absolute atomic E-state index is 12.5. The molecule has 7 aromatic carbocycles. The summed E-state index contributed by atoms with van der Waals surface area (Å²) in [6.07, 6.45) is 0. The van der Waals surface area contributed by atoms with E-state index in [-0.39, 0.29) is 30.9 Å². The normalized spacial score (nSPS) is 13.1. The molecule has 3 heterocycles. The lowest BCUT2D eigenvalue weighted by atomic mass is 9.86. The zero-order valence-electron chi connectivity index (χ0n) is 42.6. The van der Waals surface area contributed by atoms with Crippen LogP contribution < -0.4 is 0 Å². The molecule has 0 atom stereocenters. The fourth-order valence-electron chi connectivity index (χ4n) is 9.41. The Bertz CT molecular complexity index is 3770. The number of imidazole rings is 3. The highest BCUT2D eigenvalue weighted by Crippen LogP contribution is 2.45. The van der Waals surface area contributed by atoms with E-state index in [9.17, 15) is 38.9 Å². The molecule has 0 aliphatic heterocycles. The van der Waals surface area contributed by atoms with Crippen LogP contribution in [0.15, 0.2) is 160 Å². The van der Waals surface area contributed by atoms with Crippen LogP contribution in [0, 0.1) is 0 Å². The molecule has 75 heavy (non-hydrogen) atoms. The molecule has 0 fully saturated rings. The number of hydrogen-bond acceptors (Lipinski definition) is 9. The minimum Gasteiger partial charge on any atom is -0.290 e. The highest BCUT2D eigenvalue weighted by molar-refractivity contribution is 7.86. The number of rotatable bonds is 9. The topological polar surface area (TPSA) is 217 Å². The summed E-state index contributed by atoms with van der Waals surface area (Å²) in [6, 6.07) is 41.1. The minimum absolute atomic E-state index is 0.199. The van der Waals surface area contributed by atoms with Gasteiger partial charge in [0.25, 0.3) is 30.4 Å². The first kappa shape index (κ1) is 51.2. The molecule has 0 aliphatic carbocycles. The molecular weight excluding hydrogens is 1010 g/mol. The number of benzene rings is 7. The third-order valence-electron chi connectivity index (χ3n) is 13.5. The first-order chi connectivity index (χ1) is 35.0. The van der Waals surface area contributed by atoms with Crippen molar-refractivity contribution in [3.63, 3.8) is 0 Å². The van der Waals surface area contributed by atoms with E-state index in [0.717, 1.165) is 16.7 Å². The maximum atomic E-state index is 12.5. The summed E-state index contributed by atoms with van der Waals surface area (Å²) in [5.41, 5.74) is 8.46. The molecule has 0 radical (unpaired) electrons. The second kappa shape index (κ2) is 17.6. The van der Waals surface area contributed by atoms with E-state index in [1.54, 1.807) is 36.4 Å². The van der Waals surface area contributed by atoms with Crippen LogP contribution in [0.5, 0.6) is 0 Å². The van der Waals surface area contributed by atoms with Crippen LogP contribution in [0.4, 0.5) is 0 Å². The van der Waals surface area contributed by atoms with Crippen LogP contribution in [-0.2, 0) is 46.6 Å². The van der Waals surface area contributed by atoms with Gasteiger partial charge in [0, 0.05) is 33.8 Å². The summed E-state index contributed by atoms with van der Waals surface area (Å²) in [5, 5.41) is 0. The molecule has 0 bridgehead atoms. The van der Waals surface area contributed by atoms with Crippen molar-refractivity contribution in [1.82, 2.24) is 28.7 Å². The predicted octanol–water partition coefficient (Wildman–Crippen LogP) is 12.3. The van der Waals surface area contributed by atoms with Crippen molar-refractivity contribution >= 4 is 63.5 Å². The molecule has 10 aromatic rings. The average molecular weight is 1060 g/mol. The van der Waals surface area contributed by atoms with E-state index >= 15 is 0 Å². The van der Waals surface area contributed by atoms with Crippen LogP contribution in [-0.4, -0.2) is 67.6 Å². The minimum atomic E-state index is -4.61. The molecule has 3 aromatic heterocycles. The summed E-state index contributed by atoms with van der Waals surface area (Å²) >= 11 is 0. The van der Waals surface area contributed by atoms with Crippen molar-refractivity contribution in [3.05, 3.63) is 162 Å². The van der Waals surface area contributed by atoms with Gasteiger partial charge in [-0.15, -0.1) is 0 Å². The Morgan fingerprint density at radius 3 is 0.693 bits per heavy atom. The second-order valence-electron chi connectivity index (χ2n) is 21.8. The predicted molar refractivity (Wildman–Crippen MR) is 292 cm³/mol. The van der Waals surface area contributed by atoms with Crippen molar-refractivity contribution in [2.45, 2.75) is 93.2 Å². The largest absolute Gasteiger partial charge is 0.294 e. The average Bonchev–Trinajstić information content (AvgIpc) is 4.05. The van der Waals surface area contributed by atoms with Gasteiger partial charge in [0.1, 0.15) is 50.6 Å². The molecule has 10 rings (SSSR count). The van der Waals surface area contributed by atoms with Gasteiger partial charge in [-0.2, -0.15) is 25.3 Å². The van der Waals surface area contributed by atoms with Gasteiger partial charge >= 0.3 is 0 Å². The van der Waals surface area contributed by atoms with Crippen LogP contribution >= 0.6 is 0 Å². The van der Waals surface area contributed by atoms with Gasteiger partial charge in [0.2, 0.25) is 0 Å². The first-order valence-electron chi connectivity index (χ1n) is 23.9. The standard InChI is InChI=1S/C57H54N6O9S3/c1-55(2,3)37-16-10-34(11-17-37)52-58-46-49(61(52)40-22-28-43(29-23-40)73(64,65)66)47-51(63(42-26-32-45(33-27-42)75(70,71)72)53(59-47)35-12-18-38(19-13-35)56(4,5)6)48-50(46)62(41-24-30-44(31-25-41)74(67,68)69)54(60-48)36-14-20-39(21-15-36)57(7,8)9/h10-33H,1-9H3,(H,64,65,66)(H,67,68,69)(H,70,71,72). The summed E-state index contributed by atoms with van der Waals surface area (Å²) in [5.74, 6) is 1.27. The summed E-state index contributed by atoms with van der Waals surface area (Å²) in [6.45, 7) is 19.0. The third-order valence-corrected chi connectivity index (χ3v) is 16.1. The Morgan fingerprint density at radius 1 is 0.320 bits per heavy atom. The van der Waals surface area contributed by atoms with E-state index in [1.807, 2.05) is 86.5 Å². The van der Waals surface area contributed by atoms with Crippen LogP contribution in [0.1, 0.15) is 79.0 Å². The molecule has 0 spiro atoms. The van der Waals surface area contributed by atoms with Crippen LogP contribution in [0.2, 0.25) is 0 Å². The number of fused-ring (bicyclic) bond motifs is 6. The summed E-state index contributed by atoms with van der Waals surface area (Å²) in [7, 11) is -13.8. The van der Waals surface area contributed by atoms with Gasteiger partial charge in [0.15, 0.2) is 0 Å². The van der Waals surface area contributed by atoms with Crippen molar-refractivity contribution in [2.75, 3.05) is 0 Å². The van der Waals surface area contributed by atoms with Crippen LogP contribution in [0.25, 0.3) is 84.3 Å². The molecule has 384 valence electrons. The summed E-state index contributed by atoms with van der Waals surface area (Å²) in [4.78, 5) is 15.6. The van der Waals surface area contributed by atoms with E-state index in [0.29, 0.717) is 84.3 Å². The number of nitrogens with zero attached hydrogens (tertiary/aromatic N) is 6. The van der Waals surface area contributed by atoms with Gasteiger partial charge in [-0.3, -0.25) is 27.4 Å². The van der Waals surface area contributed by atoms with Crippen molar-refractivity contribution in [3.8, 4) is 51.2 Å². The van der Waals surface area contributed by atoms with Crippen molar-refractivity contribution < 1.29 is 38.9 Å². The summed E-state index contributed by atoms with van der Waals surface area (Å²) < 4.78 is 111. The highest BCUT2D eigenvalue weighted by Gasteiger charge is 2.32. The smallest absolute Gasteiger partial charge is 0.290 e. The first-order valence-corrected chi connectivity index (χ1v) is 28.3. The third kappa shape index (κ3) is 9.36. The van der Waals surface area contributed by atoms with Gasteiger partial charge in [-0.1, -0.05) is 135 Å². The van der Waals surface area contributed by atoms with Crippen molar-refractivity contribution in [1.29, 1.82) is 0 Å². The fraction of sp³-hybridized carbons (Fsp3) is 0.211. The number of hydrogen-bond donors (Lipinski definition) is 3. The monoisotopic (exact) mass is 1060 g/mol. The molecular formula is C57H54N6O9S3. The SMILES string of the molecule is CC(C)(C)c1ccc(-c2nc3c(c4nc(-c5ccc(C(C)(C)C)cc5)n(-c5ccc(S(=O)(=O)O)cc5)c4c4nc(-c5ccc(C(C)(C)C)cc5)n(-c5ccc(S(=O)(=O)O)cc5)c34)n2-c2ccc(S(=O)(=O)O)cc2)cc1. The Hall–Kier alpha value is -7.32. The number of aromatic nitrogens is 6. The molecule has 0 aliphatic rings. The fourth-order valence-corrected chi connectivity index (χ4v) is 10.8. The van der Waals surface area contributed by atoms with E-state index in [2.05, 4.69) is 62.3 Å². The van der Waals surface area contributed by atoms with E-state index in [1.165, 1.54) is 36.4 Å². The van der Waals surface area contributed by atoms with Gasteiger partial charge < -0.3 is 0 Å². The highest BCUT2D eigenvalue weighted by atomic mass is 32.2. The van der Waals surface area contributed by atoms with Crippen LogP contribution in [0.3, 0.4) is 0 Å². The molecule has 3 N–H and O–H groups in total. The maximum Gasteiger partial charge on any atom is 0.294 e. The zero-order valence-corrected chi connectivity index (χ0v) is 45.0. The second-order valence-corrected chi connectivity index (χ2v) is 26.1. The molecule has 18 heteroatoms. The molecule has 0 unspecified atom stereocenters. The quantitative estimate of drug-likeness (QED) is 0.115. The molecule has 0 saturated heterocycles. The van der Waals surface area contributed by atoms with E-state index < -0.39 is 30.4 Å². The lowest BCUT2D eigenvalue weighted by Crippen LogP contribution is -2.10. The lowest BCUT2D eigenvalue weighted by molar-refractivity contribution is 0.481. The van der Waals surface area contributed by atoms with Crippen molar-refractivity contribution in [2.24, 2.45) is 0 Å². The zero-order chi connectivity index (χ0) is 53.9. The molecule has 0 saturated carbocycles. The van der Waals surface area contributed by atoms with Gasteiger partial charge in [-0.25, -0.2) is 15.0 Å². The lowest BCUT2D eigenvalue weighted by Gasteiger charge is -2.19. The Kier molecular flexibility index (Phi) is 12.0. The van der Waals surface area contributed by atoms with Gasteiger partial charge in [0.05, 0.1) is 14.7 Å². The molecule has 15 nitrogen and oxygen atoms in total. The Morgan fingerprint density at radius 2 is 0.520 bits per heavy atom. The Balaban J connectivity index is 1.46. The Labute approximate surface area is 435 Å². The van der Waals surface area contributed by atoms with E-state index in [4.69, 9.17) is 15.0 Å². The van der Waals surface area contributed by atoms with Gasteiger partial charge in [-0.05, 0) is 106 Å². The molecule has 0 amide bonds.